The summed E-state index contributed by atoms with van der Waals surface area (Å²) in [7, 11) is 0. The van der Waals surface area contributed by atoms with Crippen molar-refractivity contribution in [3.05, 3.63) is 60.0 Å². The summed E-state index contributed by atoms with van der Waals surface area (Å²) in [6, 6.07) is 14.8. The predicted molar refractivity (Wildman–Crippen MR) is 107 cm³/mol. The molecule has 0 bridgehead atoms. The van der Waals surface area contributed by atoms with E-state index in [1.54, 1.807) is 18.2 Å². The number of carbonyl (C=O) groups is 2. The number of piperazine rings is 1. The number of amides is 2. The Balaban J connectivity index is 1.32. The van der Waals surface area contributed by atoms with E-state index in [0.29, 0.717) is 47.6 Å². The molecule has 2 aliphatic heterocycles. The highest BCUT2D eigenvalue weighted by atomic mass is 16.7. The molecule has 5 rings (SSSR count). The Morgan fingerprint density at radius 3 is 2.60 bits per heavy atom. The zero-order valence-electron chi connectivity index (χ0n) is 16.3. The molecule has 0 atom stereocenters. The van der Waals surface area contributed by atoms with Gasteiger partial charge in [-0.1, -0.05) is 18.2 Å². The lowest BCUT2D eigenvalue weighted by Crippen LogP contribution is -2.54. The van der Waals surface area contributed by atoms with E-state index in [1.807, 2.05) is 37.3 Å². The van der Waals surface area contributed by atoms with E-state index in [1.165, 1.54) is 9.80 Å². The summed E-state index contributed by atoms with van der Waals surface area (Å²) in [5.74, 6) is 1.19. The first kappa shape index (κ1) is 18.2. The molecule has 30 heavy (non-hydrogen) atoms. The van der Waals surface area contributed by atoms with Crippen molar-refractivity contribution in [1.29, 1.82) is 0 Å². The van der Waals surface area contributed by atoms with Gasteiger partial charge in [-0.15, -0.1) is 0 Å². The largest absolute Gasteiger partial charge is 0.454 e. The number of rotatable bonds is 4. The quantitative estimate of drug-likeness (QED) is 0.621. The smallest absolute Gasteiger partial charge is 0.316 e. The van der Waals surface area contributed by atoms with Crippen LogP contribution in [0.25, 0.3) is 11.5 Å². The van der Waals surface area contributed by atoms with Crippen LogP contribution in [-0.4, -0.2) is 41.6 Å². The average molecular weight is 405 g/mol. The molecule has 1 fully saturated rings. The van der Waals surface area contributed by atoms with Gasteiger partial charge in [-0.25, -0.2) is 4.98 Å². The number of hydrogen-bond acceptors (Lipinski definition) is 6. The van der Waals surface area contributed by atoms with Crippen LogP contribution in [0.1, 0.15) is 11.5 Å². The molecule has 3 aromatic rings. The average Bonchev–Trinajstić information content (AvgIpc) is 3.38. The van der Waals surface area contributed by atoms with Crippen LogP contribution in [0.4, 0.5) is 5.69 Å². The van der Waals surface area contributed by atoms with Crippen molar-refractivity contribution in [2.45, 2.75) is 13.5 Å². The van der Waals surface area contributed by atoms with Gasteiger partial charge in [0.15, 0.2) is 11.5 Å². The minimum absolute atomic E-state index is 0.154. The van der Waals surface area contributed by atoms with Crippen molar-refractivity contribution in [3.63, 3.8) is 0 Å². The van der Waals surface area contributed by atoms with Crippen LogP contribution >= 0.6 is 0 Å². The summed E-state index contributed by atoms with van der Waals surface area (Å²) >= 11 is 0. The third kappa shape index (κ3) is 3.16. The van der Waals surface area contributed by atoms with E-state index < -0.39 is 11.8 Å². The Morgan fingerprint density at radius 2 is 1.77 bits per heavy atom. The maximum absolute atomic E-state index is 12.8. The number of aryl methyl sites for hydroxylation is 1. The second kappa shape index (κ2) is 7.22. The fourth-order valence-corrected chi connectivity index (χ4v) is 3.58. The SMILES string of the molecule is Cc1oc(-c2ccccc2)nc1CN1CCN(c2ccc3c(c2)OCO3)C(=O)C1=O. The van der Waals surface area contributed by atoms with E-state index >= 15 is 0 Å². The van der Waals surface area contributed by atoms with Crippen LogP contribution in [0.15, 0.2) is 52.9 Å². The van der Waals surface area contributed by atoms with Gasteiger partial charge < -0.3 is 23.7 Å². The van der Waals surface area contributed by atoms with Crippen LogP contribution in [-0.2, 0) is 16.1 Å². The van der Waals surface area contributed by atoms with Crippen molar-refractivity contribution in [2.24, 2.45) is 0 Å². The number of oxazole rings is 1. The molecule has 1 aromatic heterocycles. The number of aromatic nitrogens is 1. The molecule has 152 valence electrons. The number of carbonyl (C=O) groups excluding carboxylic acids is 2. The molecule has 0 unspecified atom stereocenters. The maximum Gasteiger partial charge on any atom is 0.316 e. The third-order valence-corrected chi connectivity index (χ3v) is 5.23. The van der Waals surface area contributed by atoms with Gasteiger partial charge in [0.2, 0.25) is 12.7 Å². The Hall–Kier alpha value is -3.81. The van der Waals surface area contributed by atoms with Crippen LogP contribution in [0.5, 0.6) is 11.5 Å². The van der Waals surface area contributed by atoms with Gasteiger partial charge in [0.1, 0.15) is 11.5 Å². The van der Waals surface area contributed by atoms with E-state index in [2.05, 4.69) is 4.98 Å². The highest BCUT2D eigenvalue weighted by Gasteiger charge is 2.34. The van der Waals surface area contributed by atoms with Crippen molar-refractivity contribution in [3.8, 4) is 23.0 Å². The summed E-state index contributed by atoms with van der Waals surface area (Å²) < 4.78 is 16.4. The topological polar surface area (TPSA) is 85.1 Å². The molecule has 0 saturated carbocycles. The Kier molecular flexibility index (Phi) is 4.39. The minimum atomic E-state index is -0.579. The maximum atomic E-state index is 12.8. The minimum Gasteiger partial charge on any atom is -0.454 e. The van der Waals surface area contributed by atoms with E-state index in [4.69, 9.17) is 13.9 Å². The Morgan fingerprint density at radius 1 is 0.967 bits per heavy atom. The second-order valence-corrected chi connectivity index (χ2v) is 7.11. The number of hydrogen-bond donors (Lipinski definition) is 0. The first-order valence-electron chi connectivity index (χ1n) is 9.62. The lowest BCUT2D eigenvalue weighted by molar-refractivity contribution is -0.146. The van der Waals surface area contributed by atoms with Gasteiger partial charge in [-0.3, -0.25) is 9.59 Å². The van der Waals surface area contributed by atoms with Gasteiger partial charge in [-0.2, -0.15) is 0 Å². The zero-order chi connectivity index (χ0) is 20.7. The standard InChI is InChI=1S/C22H19N3O5/c1-14-17(23-20(30-14)15-5-3-2-4-6-15)12-24-9-10-25(22(27)21(24)26)16-7-8-18-19(11-16)29-13-28-18/h2-8,11H,9-10,12-13H2,1H3. The van der Waals surface area contributed by atoms with Gasteiger partial charge in [-0.05, 0) is 31.2 Å². The number of benzene rings is 2. The highest BCUT2D eigenvalue weighted by Crippen LogP contribution is 2.36. The first-order chi connectivity index (χ1) is 14.6. The van der Waals surface area contributed by atoms with Crippen LogP contribution in [0, 0.1) is 6.92 Å². The molecule has 2 aliphatic rings. The van der Waals surface area contributed by atoms with E-state index in [0.717, 1.165) is 5.56 Å². The highest BCUT2D eigenvalue weighted by molar-refractivity contribution is 6.41. The molecule has 8 nitrogen and oxygen atoms in total. The molecule has 1 saturated heterocycles. The zero-order valence-corrected chi connectivity index (χ0v) is 16.3. The van der Waals surface area contributed by atoms with E-state index in [-0.39, 0.29) is 13.3 Å². The Labute approximate surface area is 172 Å². The van der Waals surface area contributed by atoms with Gasteiger partial charge >= 0.3 is 11.8 Å². The van der Waals surface area contributed by atoms with Gasteiger partial charge in [0.25, 0.3) is 0 Å². The summed E-state index contributed by atoms with van der Waals surface area (Å²) in [5.41, 5.74) is 2.12. The van der Waals surface area contributed by atoms with Crippen molar-refractivity contribution >= 4 is 17.5 Å². The van der Waals surface area contributed by atoms with Crippen molar-refractivity contribution < 1.29 is 23.5 Å². The first-order valence-corrected chi connectivity index (χ1v) is 9.62. The lowest BCUT2D eigenvalue weighted by Gasteiger charge is -2.33. The van der Waals surface area contributed by atoms with Crippen molar-refractivity contribution in [1.82, 2.24) is 9.88 Å². The van der Waals surface area contributed by atoms with E-state index in [9.17, 15) is 9.59 Å². The molecular formula is C22H19N3O5. The number of fused-ring (bicyclic) bond motifs is 1. The normalized spacial score (nSPS) is 15.8. The number of nitrogens with zero attached hydrogens (tertiary/aromatic N) is 3. The number of ether oxygens (including phenoxy) is 2. The molecule has 3 heterocycles. The van der Waals surface area contributed by atoms with Crippen LogP contribution in [0.2, 0.25) is 0 Å². The second-order valence-electron chi connectivity index (χ2n) is 7.11. The van der Waals surface area contributed by atoms with Gasteiger partial charge in [0.05, 0.1) is 6.54 Å². The fraction of sp³-hybridized carbons (Fsp3) is 0.227. The Bertz CT molecular complexity index is 1130. The molecular weight excluding hydrogens is 386 g/mol. The van der Waals surface area contributed by atoms with Crippen molar-refractivity contribution in [2.75, 3.05) is 24.8 Å². The lowest BCUT2D eigenvalue weighted by atomic mass is 10.2. The molecule has 0 radical (unpaired) electrons. The molecule has 0 aliphatic carbocycles. The summed E-state index contributed by atoms with van der Waals surface area (Å²) in [6.07, 6.45) is 0. The fourth-order valence-electron chi connectivity index (χ4n) is 3.58. The molecule has 0 spiro atoms. The molecule has 2 aromatic carbocycles. The monoisotopic (exact) mass is 405 g/mol. The molecule has 0 N–H and O–H groups in total. The summed E-state index contributed by atoms with van der Waals surface area (Å²) in [6.45, 7) is 2.96. The third-order valence-electron chi connectivity index (χ3n) is 5.23. The number of anilines is 1. The molecule has 8 heteroatoms. The predicted octanol–water partition coefficient (Wildman–Crippen LogP) is 2.75. The summed E-state index contributed by atoms with van der Waals surface area (Å²) in [4.78, 5) is 33.0. The summed E-state index contributed by atoms with van der Waals surface area (Å²) in [5, 5.41) is 0. The molecule has 2 amide bonds. The van der Waals surface area contributed by atoms with Crippen LogP contribution in [0.3, 0.4) is 0 Å². The van der Waals surface area contributed by atoms with Crippen LogP contribution < -0.4 is 14.4 Å². The van der Waals surface area contributed by atoms with Gasteiger partial charge in [0, 0.05) is 30.4 Å².